The third kappa shape index (κ3) is 21.9. The second-order valence-corrected chi connectivity index (χ2v) is 10.0. The van der Waals surface area contributed by atoms with Crippen LogP contribution < -0.4 is 10.6 Å². The van der Waals surface area contributed by atoms with Crippen LogP contribution in [0.15, 0.2) is 0 Å². The predicted molar refractivity (Wildman–Crippen MR) is 129 cm³/mol. The lowest BCUT2D eigenvalue weighted by Crippen LogP contribution is -2.40. The summed E-state index contributed by atoms with van der Waals surface area (Å²) in [6, 6.07) is 0. The molecule has 178 valence electrons. The highest BCUT2D eigenvalue weighted by Crippen LogP contribution is 2.13. The van der Waals surface area contributed by atoms with Crippen LogP contribution in [0, 0.1) is 0 Å². The smallest absolute Gasteiger partial charge is 0.309 e. The zero-order valence-corrected chi connectivity index (χ0v) is 20.6. The van der Waals surface area contributed by atoms with Gasteiger partial charge in [0.15, 0.2) is 0 Å². The molecule has 5 nitrogen and oxygen atoms in total. The Morgan fingerprint density at radius 3 is 1.30 bits per heavy atom. The van der Waals surface area contributed by atoms with Gasteiger partial charge < -0.3 is 15.2 Å². The number of rotatable bonds is 21. The maximum Gasteiger partial charge on any atom is 0.309 e. The largest absolute Gasteiger partial charge is 0.617 e. The maximum atomic E-state index is 11.6. The molecule has 0 aliphatic rings. The van der Waals surface area contributed by atoms with Gasteiger partial charge in [-0.15, -0.1) is 0 Å². The lowest BCUT2D eigenvalue weighted by Gasteiger charge is -2.07. The first-order valence-corrected chi connectivity index (χ1v) is 14.2. The lowest BCUT2D eigenvalue weighted by molar-refractivity contribution is -0.139. The van der Waals surface area contributed by atoms with Gasteiger partial charge in [-0.3, -0.25) is 9.59 Å². The molecule has 0 heterocycles. The fourth-order valence-electron chi connectivity index (χ4n) is 3.51. The van der Waals surface area contributed by atoms with E-state index in [0.717, 1.165) is 12.8 Å². The van der Waals surface area contributed by atoms with Gasteiger partial charge in [0.25, 0.3) is 0 Å². The number of unbranched alkanes of at least 4 members (excludes halogenated alkanes) is 15. The van der Waals surface area contributed by atoms with Crippen LogP contribution in [0.4, 0.5) is 0 Å². The number of hydrogen-bond donors (Lipinski definition) is 2. The number of nitrogens with one attached hydrogen (secondary N) is 2. The Balaban J connectivity index is 3.25. The maximum absolute atomic E-state index is 11.6. The van der Waals surface area contributed by atoms with Crippen LogP contribution in [0.3, 0.4) is 0 Å². The molecule has 2 N–H and O–H groups in total. The van der Waals surface area contributed by atoms with Crippen LogP contribution in [0.25, 0.3) is 0 Å². The summed E-state index contributed by atoms with van der Waals surface area (Å²) >= 11 is -0.858. The first-order valence-electron chi connectivity index (χ1n) is 12.4. The van der Waals surface area contributed by atoms with Crippen molar-refractivity contribution in [3.8, 4) is 0 Å². The predicted octanol–water partition coefficient (Wildman–Crippen LogP) is 5.25. The lowest BCUT2D eigenvalue weighted by atomic mass is 10.0. The van der Waals surface area contributed by atoms with Gasteiger partial charge in [-0.2, -0.15) is 0 Å². The summed E-state index contributed by atoms with van der Waals surface area (Å²) in [5.74, 6) is -0.608. The summed E-state index contributed by atoms with van der Waals surface area (Å²) < 4.78 is 10.9. The van der Waals surface area contributed by atoms with Crippen molar-refractivity contribution in [3.05, 3.63) is 0 Å². The highest BCUT2D eigenvalue weighted by Gasteiger charge is 2.11. The highest BCUT2D eigenvalue weighted by atomic mass is 32.2. The second-order valence-electron chi connectivity index (χ2n) is 8.45. The van der Waals surface area contributed by atoms with E-state index >= 15 is 0 Å². The molecule has 0 saturated heterocycles. The Labute approximate surface area is 189 Å². The number of carbonyl (C=O) groups is 2. The monoisotopic (exact) mass is 444 g/mol. The van der Waals surface area contributed by atoms with E-state index in [4.69, 9.17) is 0 Å². The Hall–Kier alpha value is -0.750. The fraction of sp³-hybridized carbons (Fsp3) is 0.917. The molecule has 6 heteroatoms. The van der Waals surface area contributed by atoms with E-state index in [0.29, 0.717) is 25.3 Å². The molecule has 1 unspecified atom stereocenters. The molecule has 0 bridgehead atoms. The van der Waals surface area contributed by atoms with Gasteiger partial charge in [0.2, 0.25) is 0 Å². The molecule has 0 aromatic rings. The minimum absolute atomic E-state index is 0.394. The standard InChI is InChI=1S/C24H48N2O3S/c1-3-4-5-6-7-8-9-10-11-12-13-14-15-16-17-18-20-25-23(27)24(28)26-21-19-22-30(2)29/h3-22H2,1-2H3,(H,25,27)(H,26,28). The van der Waals surface area contributed by atoms with Crippen molar-refractivity contribution in [1.82, 2.24) is 10.6 Å². The van der Waals surface area contributed by atoms with Crippen LogP contribution >= 0.6 is 0 Å². The molecule has 0 aliphatic heterocycles. The van der Waals surface area contributed by atoms with E-state index in [1.165, 1.54) is 89.9 Å². The van der Waals surface area contributed by atoms with Gasteiger partial charge in [0, 0.05) is 19.5 Å². The summed E-state index contributed by atoms with van der Waals surface area (Å²) in [6.07, 6.45) is 23.4. The zero-order chi connectivity index (χ0) is 22.3. The van der Waals surface area contributed by atoms with E-state index in [-0.39, 0.29) is 0 Å². The minimum atomic E-state index is -0.858. The first kappa shape index (κ1) is 29.2. The average Bonchev–Trinajstić information content (AvgIpc) is 2.72. The Morgan fingerprint density at radius 1 is 0.600 bits per heavy atom. The molecule has 0 rings (SSSR count). The molecule has 1 atom stereocenters. The van der Waals surface area contributed by atoms with Gasteiger partial charge >= 0.3 is 11.8 Å². The van der Waals surface area contributed by atoms with Crippen LogP contribution in [0.1, 0.15) is 116 Å². The van der Waals surface area contributed by atoms with Crippen molar-refractivity contribution >= 4 is 23.0 Å². The Morgan fingerprint density at radius 2 is 0.933 bits per heavy atom. The van der Waals surface area contributed by atoms with Gasteiger partial charge in [0.05, 0.1) is 6.26 Å². The molecule has 0 aliphatic carbocycles. The fourth-order valence-corrected chi connectivity index (χ4v) is 4.06. The van der Waals surface area contributed by atoms with Crippen LogP contribution in [-0.2, 0) is 20.8 Å². The van der Waals surface area contributed by atoms with Crippen molar-refractivity contribution in [1.29, 1.82) is 0 Å². The Bertz CT molecular complexity index is 406. The molecule has 0 fully saturated rings. The molecule has 0 radical (unpaired) electrons. The summed E-state index contributed by atoms with van der Waals surface area (Å²) in [5.41, 5.74) is 0. The first-order chi connectivity index (χ1) is 14.6. The van der Waals surface area contributed by atoms with E-state index in [9.17, 15) is 14.1 Å². The van der Waals surface area contributed by atoms with Crippen molar-refractivity contribution < 1.29 is 14.1 Å². The molecule has 0 saturated carbocycles. The van der Waals surface area contributed by atoms with E-state index in [1.54, 1.807) is 6.26 Å². The molecule has 0 aromatic heterocycles. The molecule has 0 spiro atoms. The molecule has 30 heavy (non-hydrogen) atoms. The third-order valence-corrected chi connectivity index (χ3v) is 6.28. The van der Waals surface area contributed by atoms with Crippen LogP contribution in [0.2, 0.25) is 0 Å². The van der Waals surface area contributed by atoms with E-state index in [2.05, 4.69) is 17.6 Å². The van der Waals surface area contributed by atoms with Gasteiger partial charge in [-0.05, 0) is 6.42 Å². The molecular weight excluding hydrogens is 396 g/mol. The average molecular weight is 445 g/mol. The summed E-state index contributed by atoms with van der Waals surface area (Å²) in [5, 5.41) is 5.23. The van der Waals surface area contributed by atoms with Crippen molar-refractivity contribution in [2.24, 2.45) is 0 Å². The number of amides is 2. The number of carbonyl (C=O) groups excluding carboxylic acids is 2. The van der Waals surface area contributed by atoms with Crippen molar-refractivity contribution in [2.45, 2.75) is 116 Å². The summed E-state index contributed by atoms with van der Waals surface area (Å²) in [4.78, 5) is 23.2. The number of hydrogen-bond acceptors (Lipinski definition) is 3. The van der Waals surface area contributed by atoms with E-state index in [1.807, 2.05) is 0 Å². The van der Waals surface area contributed by atoms with Gasteiger partial charge in [-0.1, -0.05) is 114 Å². The minimum Gasteiger partial charge on any atom is -0.617 e. The quantitative estimate of drug-likeness (QED) is 0.144. The third-order valence-electron chi connectivity index (χ3n) is 5.42. The summed E-state index contributed by atoms with van der Waals surface area (Å²) in [7, 11) is 0. The normalized spacial score (nSPS) is 12.0. The molecular formula is C24H48N2O3S. The van der Waals surface area contributed by atoms with Crippen LogP contribution in [-0.4, -0.2) is 41.5 Å². The summed E-state index contributed by atoms with van der Waals surface area (Å²) in [6.45, 7) is 3.22. The Kier molecular flexibility index (Phi) is 22.4. The second kappa shape index (κ2) is 22.9. The molecule has 0 aromatic carbocycles. The molecule has 2 amide bonds. The van der Waals surface area contributed by atoms with Crippen LogP contribution in [0.5, 0.6) is 0 Å². The van der Waals surface area contributed by atoms with Gasteiger partial charge in [0.1, 0.15) is 5.75 Å². The van der Waals surface area contributed by atoms with Crippen molar-refractivity contribution in [3.63, 3.8) is 0 Å². The van der Waals surface area contributed by atoms with Crippen molar-refractivity contribution in [2.75, 3.05) is 25.1 Å². The zero-order valence-electron chi connectivity index (χ0n) is 19.8. The van der Waals surface area contributed by atoms with E-state index < -0.39 is 23.0 Å². The topological polar surface area (TPSA) is 81.3 Å². The van der Waals surface area contributed by atoms with Gasteiger partial charge in [-0.25, -0.2) is 0 Å². The highest BCUT2D eigenvalue weighted by molar-refractivity contribution is 7.90. The SMILES string of the molecule is CCCCCCCCCCCCCCCCCCNC(=O)C(=O)NCCC[S+](C)[O-].